The van der Waals surface area contributed by atoms with Gasteiger partial charge in [-0.15, -0.1) is 0 Å². The van der Waals surface area contributed by atoms with Crippen LogP contribution in [-0.4, -0.2) is 6.61 Å². The molecule has 0 saturated heterocycles. The molecule has 2 rings (SSSR count). The van der Waals surface area contributed by atoms with E-state index < -0.39 is 0 Å². The maximum absolute atomic E-state index is 6.31. The van der Waals surface area contributed by atoms with Crippen LogP contribution in [0, 0.1) is 0 Å². The average molecular weight is 369 g/mol. The third-order valence-corrected chi connectivity index (χ3v) is 4.06. The maximum atomic E-state index is 6.31. The summed E-state index contributed by atoms with van der Waals surface area (Å²) in [7, 11) is 0. The van der Waals surface area contributed by atoms with Crippen molar-refractivity contribution in [1.29, 1.82) is 0 Å². The third kappa shape index (κ3) is 4.73. The zero-order valence-corrected chi connectivity index (χ0v) is 14.3. The minimum atomic E-state index is -0.103. The summed E-state index contributed by atoms with van der Waals surface area (Å²) >= 11 is 9.66. The highest BCUT2D eigenvalue weighted by atomic mass is 79.9. The third-order valence-electron chi connectivity index (χ3n) is 3.21. The second kappa shape index (κ2) is 7.83. The molecule has 0 bridgehead atoms. The number of rotatable bonds is 6. The van der Waals surface area contributed by atoms with E-state index >= 15 is 0 Å². The van der Waals surface area contributed by atoms with Gasteiger partial charge in [0.25, 0.3) is 0 Å². The van der Waals surface area contributed by atoms with Crippen LogP contribution >= 0.6 is 27.5 Å². The number of nitrogens with two attached hydrogens (primary N) is 1. The second-order valence-electron chi connectivity index (χ2n) is 4.97. The average Bonchev–Trinajstić information content (AvgIpc) is 2.48. The first-order chi connectivity index (χ1) is 10.1. The van der Waals surface area contributed by atoms with Crippen LogP contribution in [0.1, 0.15) is 30.5 Å². The van der Waals surface area contributed by atoms with Crippen LogP contribution in [0.5, 0.6) is 5.75 Å². The molecule has 1 unspecified atom stereocenters. The van der Waals surface area contributed by atoms with E-state index in [1.807, 2.05) is 42.5 Å². The molecule has 0 spiro atoms. The van der Waals surface area contributed by atoms with Gasteiger partial charge in [-0.3, -0.25) is 0 Å². The summed E-state index contributed by atoms with van der Waals surface area (Å²) < 4.78 is 6.62. The standard InChI is InChI=1S/C17H19BrClNO/c1-2-8-21-15-5-3-4-13(9-15)17(20)10-12-6-7-14(18)11-16(12)19/h3-7,9,11,17H,2,8,10,20H2,1H3. The largest absolute Gasteiger partial charge is 0.494 e. The Morgan fingerprint density at radius 1 is 1.24 bits per heavy atom. The molecule has 0 aromatic heterocycles. The predicted octanol–water partition coefficient (Wildman–Crippen LogP) is 5.13. The van der Waals surface area contributed by atoms with Crippen LogP contribution in [0.25, 0.3) is 0 Å². The van der Waals surface area contributed by atoms with E-state index in [9.17, 15) is 0 Å². The Labute approximate surface area is 139 Å². The molecule has 2 N–H and O–H groups in total. The van der Waals surface area contributed by atoms with Crippen molar-refractivity contribution in [2.75, 3.05) is 6.61 Å². The molecule has 0 amide bonds. The molecule has 0 heterocycles. The molecule has 21 heavy (non-hydrogen) atoms. The van der Waals surface area contributed by atoms with Gasteiger partial charge in [-0.05, 0) is 48.2 Å². The van der Waals surface area contributed by atoms with Gasteiger partial charge in [0.15, 0.2) is 0 Å². The highest BCUT2D eigenvalue weighted by Crippen LogP contribution is 2.26. The quantitative estimate of drug-likeness (QED) is 0.766. The molecule has 0 aliphatic rings. The fourth-order valence-corrected chi connectivity index (χ4v) is 2.85. The van der Waals surface area contributed by atoms with Crippen molar-refractivity contribution in [3.05, 3.63) is 63.1 Å². The van der Waals surface area contributed by atoms with E-state index in [4.69, 9.17) is 22.1 Å². The second-order valence-corrected chi connectivity index (χ2v) is 6.29. The molecule has 4 heteroatoms. The number of halogens is 2. The van der Waals surface area contributed by atoms with Crippen molar-refractivity contribution in [3.8, 4) is 5.75 Å². The number of hydrogen-bond acceptors (Lipinski definition) is 2. The van der Waals surface area contributed by atoms with Gasteiger partial charge in [0.1, 0.15) is 5.75 Å². The first kappa shape index (κ1) is 16.3. The lowest BCUT2D eigenvalue weighted by atomic mass is 9.99. The molecule has 0 aliphatic heterocycles. The van der Waals surface area contributed by atoms with Crippen LogP contribution < -0.4 is 10.5 Å². The van der Waals surface area contributed by atoms with Gasteiger partial charge in [0.05, 0.1) is 6.61 Å². The SMILES string of the molecule is CCCOc1cccc(C(N)Cc2ccc(Br)cc2Cl)c1. The topological polar surface area (TPSA) is 35.2 Å². The van der Waals surface area contributed by atoms with Crippen molar-refractivity contribution in [3.63, 3.8) is 0 Å². The van der Waals surface area contributed by atoms with E-state index in [1.54, 1.807) is 0 Å². The van der Waals surface area contributed by atoms with Crippen LogP contribution in [0.2, 0.25) is 5.02 Å². The Bertz CT molecular complexity index is 603. The summed E-state index contributed by atoms with van der Waals surface area (Å²) in [5.74, 6) is 0.867. The van der Waals surface area contributed by atoms with E-state index in [0.29, 0.717) is 6.42 Å². The van der Waals surface area contributed by atoms with Crippen molar-refractivity contribution < 1.29 is 4.74 Å². The molecule has 0 aliphatic carbocycles. The summed E-state index contributed by atoms with van der Waals surface area (Å²) in [4.78, 5) is 0. The van der Waals surface area contributed by atoms with E-state index in [1.165, 1.54) is 0 Å². The Kier molecular flexibility index (Phi) is 6.09. The summed E-state index contributed by atoms with van der Waals surface area (Å²) in [5, 5.41) is 0.734. The minimum absolute atomic E-state index is 0.103. The zero-order valence-electron chi connectivity index (χ0n) is 12.0. The van der Waals surface area contributed by atoms with Gasteiger partial charge in [0.2, 0.25) is 0 Å². The molecule has 0 saturated carbocycles. The number of benzene rings is 2. The zero-order chi connectivity index (χ0) is 15.2. The Morgan fingerprint density at radius 3 is 2.76 bits per heavy atom. The monoisotopic (exact) mass is 367 g/mol. The Morgan fingerprint density at radius 2 is 2.05 bits per heavy atom. The molecule has 2 aromatic carbocycles. The fourth-order valence-electron chi connectivity index (χ4n) is 2.10. The van der Waals surface area contributed by atoms with E-state index in [0.717, 1.165) is 39.4 Å². The van der Waals surface area contributed by atoms with Crippen LogP contribution in [0.3, 0.4) is 0 Å². The maximum Gasteiger partial charge on any atom is 0.119 e. The molecular formula is C17H19BrClNO. The van der Waals surface area contributed by atoms with Crippen LogP contribution in [-0.2, 0) is 6.42 Å². The van der Waals surface area contributed by atoms with Gasteiger partial charge < -0.3 is 10.5 Å². The molecule has 0 radical (unpaired) electrons. The van der Waals surface area contributed by atoms with Gasteiger partial charge in [-0.25, -0.2) is 0 Å². The molecule has 112 valence electrons. The number of ether oxygens (including phenoxy) is 1. The van der Waals surface area contributed by atoms with Crippen LogP contribution in [0.4, 0.5) is 0 Å². The summed E-state index contributed by atoms with van der Waals surface area (Å²) in [6.45, 7) is 2.81. The normalized spacial score (nSPS) is 12.2. The Hall–Kier alpha value is -1.03. The fraction of sp³-hybridized carbons (Fsp3) is 0.294. The van der Waals surface area contributed by atoms with Gasteiger partial charge >= 0.3 is 0 Å². The van der Waals surface area contributed by atoms with Gasteiger partial charge in [-0.2, -0.15) is 0 Å². The Balaban J connectivity index is 2.10. The lowest BCUT2D eigenvalue weighted by Gasteiger charge is -2.15. The number of hydrogen-bond donors (Lipinski definition) is 1. The van der Waals surface area contributed by atoms with Crippen molar-refractivity contribution in [2.45, 2.75) is 25.8 Å². The van der Waals surface area contributed by atoms with E-state index in [-0.39, 0.29) is 6.04 Å². The molecule has 2 nitrogen and oxygen atoms in total. The van der Waals surface area contributed by atoms with Gasteiger partial charge in [-0.1, -0.05) is 52.7 Å². The lowest BCUT2D eigenvalue weighted by molar-refractivity contribution is 0.317. The summed E-state index contributed by atoms with van der Waals surface area (Å²) in [5.41, 5.74) is 8.41. The molecule has 2 aromatic rings. The molecule has 0 fully saturated rings. The first-order valence-corrected chi connectivity index (χ1v) is 8.19. The first-order valence-electron chi connectivity index (χ1n) is 7.02. The van der Waals surface area contributed by atoms with Crippen molar-refractivity contribution in [2.24, 2.45) is 5.73 Å². The van der Waals surface area contributed by atoms with Crippen molar-refractivity contribution >= 4 is 27.5 Å². The van der Waals surface area contributed by atoms with E-state index in [2.05, 4.69) is 22.9 Å². The highest BCUT2D eigenvalue weighted by molar-refractivity contribution is 9.10. The minimum Gasteiger partial charge on any atom is -0.494 e. The summed E-state index contributed by atoms with van der Waals surface area (Å²) in [6, 6.07) is 13.7. The van der Waals surface area contributed by atoms with Crippen LogP contribution in [0.15, 0.2) is 46.9 Å². The smallest absolute Gasteiger partial charge is 0.119 e. The predicted molar refractivity (Wildman–Crippen MR) is 92.0 cm³/mol. The van der Waals surface area contributed by atoms with Gasteiger partial charge in [0, 0.05) is 15.5 Å². The molecular weight excluding hydrogens is 350 g/mol. The molecule has 1 atom stereocenters. The highest BCUT2D eigenvalue weighted by Gasteiger charge is 2.11. The lowest BCUT2D eigenvalue weighted by Crippen LogP contribution is -2.13. The van der Waals surface area contributed by atoms with Crippen molar-refractivity contribution in [1.82, 2.24) is 0 Å². The summed E-state index contributed by atoms with van der Waals surface area (Å²) in [6.07, 6.45) is 1.69.